The number of nitrogens with one attached hydrogen (secondary N) is 1. The quantitative estimate of drug-likeness (QED) is 0.605. The molecule has 1 N–H and O–H groups in total. The first-order valence-electron chi connectivity index (χ1n) is 8.70. The third-order valence-corrected chi connectivity index (χ3v) is 4.63. The lowest BCUT2D eigenvalue weighted by Crippen LogP contribution is -2.29. The van der Waals surface area contributed by atoms with Crippen LogP contribution in [0.15, 0.2) is 57.9 Å². The molecule has 2 aromatic carbocycles. The molecule has 4 aromatic rings. The zero-order valence-electron chi connectivity index (χ0n) is 15.2. The van der Waals surface area contributed by atoms with Gasteiger partial charge in [-0.25, -0.2) is 4.98 Å². The summed E-state index contributed by atoms with van der Waals surface area (Å²) >= 11 is 0. The van der Waals surface area contributed by atoms with E-state index in [1.807, 2.05) is 31.2 Å². The molecule has 0 atom stereocenters. The predicted molar refractivity (Wildman–Crippen MR) is 103 cm³/mol. The largest absolute Gasteiger partial charge is 0.464 e. The van der Waals surface area contributed by atoms with Crippen LogP contribution in [-0.2, 0) is 17.8 Å². The number of hydrogen-bond acceptors (Lipinski definition) is 4. The Morgan fingerprint density at radius 2 is 2.00 bits per heavy atom. The number of furan rings is 1. The zero-order chi connectivity index (χ0) is 19.0. The lowest BCUT2D eigenvalue weighted by molar-refractivity contribution is -0.129. The number of aromatic nitrogens is 2. The van der Waals surface area contributed by atoms with Crippen LogP contribution >= 0.6 is 0 Å². The van der Waals surface area contributed by atoms with Gasteiger partial charge in [0.15, 0.2) is 0 Å². The molecule has 0 saturated heterocycles. The van der Waals surface area contributed by atoms with Crippen molar-refractivity contribution in [2.45, 2.75) is 19.9 Å². The van der Waals surface area contributed by atoms with Gasteiger partial charge in [-0.15, -0.1) is 0 Å². The molecule has 0 aliphatic heterocycles. The van der Waals surface area contributed by atoms with Crippen molar-refractivity contribution in [3.05, 3.63) is 76.0 Å². The summed E-state index contributed by atoms with van der Waals surface area (Å²) in [5, 5.41) is 1.48. The van der Waals surface area contributed by atoms with E-state index in [4.69, 9.17) is 4.42 Å². The Balaban J connectivity index is 1.53. The summed E-state index contributed by atoms with van der Waals surface area (Å²) in [5.41, 5.74) is 3.15. The van der Waals surface area contributed by atoms with Crippen LogP contribution in [0, 0.1) is 6.92 Å². The Bertz CT molecular complexity index is 1210. The summed E-state index contributed by atoms with van der Waals surface area (Å²) < 4.78 is 5.56. The maximum atomic E-state index is 12.6. The van der Waals surface area contributed by atoms with Crippen LogP contribution in [0.1, 0.15) is 17.0 Å². The minimum atomic E-state index is -0.201. The number of rotatable bonds is 4. The van der Waals surface area contributed by atoms with Gasteiger partial charge in [0.1, 0.15) is 11.4 Å². The maximum absolute atomic E-state index is 12.6. The Hall–Kier alpha value is -3.41. The van der Waals surface area contributed by atoms with Crippen LogP contribution in [0.25, 0.3) is 21.9 Å². The van der Waals surface area contributed by atoms with Gasteiger partial charge in [0.25, 0.3) is 5.56 Å². The molecular weight excluding hydrogens is 342 g/mol. The van der Waals surface area contributed by atoms with Crippen molar-refractivity contribution in [2.75, 3.05) is 7.05 Å². The molecule has 0 fully saturated rings. The van der Waals surface area contributed by atoms with E-state index in [9.17, 15) is 9.59 Å². The molecule has 6 heteroatoms. The van der Waals surface area contributed by atoms with E-state index in [1.165, 1.54) is 0 Å². The molecule has 0 bridgehead atoms. The fourth-order valence-electron chi connectivity index (χ4n) is 3.15. The molecule has 0 unspecified atom stereocenters. The minimum Gasteiger partial charge on any atom is -0.464 e. The molecule has 0 saturated carbocycles. The lowest BCUT2D eigenvalue weighted by atomic mass is 10.1. The normalized spacial score (nSPS) is 11.2. The first-order chi connectivity index (χ1) is 13.0. The molecular formula is C21H19N3O3. The monoisotopic (exact) mass is 361 g/mol. The second-order valence-electron chi connectivity index (χ2n) is 6.72. The molecule has 4 rings (SSSR count). The van der Waals surface area contributed by atoms with Gasteiger partial charge in [-0.3, -0.25) is 9.59 Å². The van der Waals surface area contributed by atoms with Gasteiger partial charge in [0.05, 0.1) is 30.1 Å². The molecule has 0 aliphatic rings. The number of H-pyrrole nitrogens is 1. The number of aryl methyl sites for hydroxylation is 1. The van der Waals surface area contributed by atoms with E-state index in [-0.39, 0.29) is 24.4 Å². The molecule has 0 aliphatic carbocycles. The molecule has 2 heterocycles. The van der Waals surface area contributed by atoms with Crippen molar-refractivity contribution >= 4 is 27.8 Å². The Labute approximate surface area is 155 Å². The summed E-state index contributed by atoms with van der Waals surface area (Å²) in [6.45, 7) is 2.23. The van der Waals surface area contributed by atoms with Gasteiger partial charge in [0, 0.05) is 18.0 Å². The van der Waals surface area contributed by atoms with E-state index >= 15 is 0 Å². The molecule has 6 nitrogen and oxygen atoms in total. The number of likely N-dealkylation sites (N-methyl/N-ethyl adjacent to an activating group) is 1. The summed E-state index contributed by atoms with van der Waals surface area (Å²) in [5.74, 6) is 0.385. The number of benzene rings is 2. The van der Waals surface area contributed by atoms with E-state index in [0.717, 1.165) is 22.1 Å². The number of para-hydroxylation sites is 1. The Morgan fingerprint density at radius 1 is 1.19 bits per heavy atom. The molecule has 27 heavy (non-hydrogen) atoms. The predicted octanol–water partition coefficient (Wildman–Crippen LogP) is 3.18. The van der Waals surface area contributed by atoms with Gasteiger partial charge in [-0.2, -0.15) is 0 Å². The first-order valence-corrected chi connectivity index (χ1v) is 8.70. The van der Waals surface area contributed by atoms with Crippen molar-refractivity contribution in [1.82, 2.24) is 14.9 Å². The lowest BCUT2D eigenvalue weighted by Gasteiger charge is -2.16. The standard InChI is InChI=1S/C21H19N3O3/c1-13-7-8-15-14(12-27-18(15)9-13)10-20(25)24(2)11-19-22-17-6-4-3-5-16(17)21(26)23-19/h3-9,12H,10-11H2,1-2H3,(H,22,23,26). The van der Waals surface area contributed by atoms with Gasteiger partial charge in [-0.05, 0) is 30.7 Å². The molecule has 2 aromatic heterocycles. The number of hydrogen-bond donors (Lipinski definition) is 1. The molecule has 0 radical (unpaired) electrons. The van der Waals surface area contributed by atoms with E-state index < -0.39 is 0 Å². The SMILES string of the molecule is Cc1ccc2c(CC(=O)N(C)Cc3nc4ccccc4c(=O)[nH]3)coc2c1. The average Bonchev–Trinajstić information content (AvgIpc) is 3.03. The highest BCUT2D eigenvalue weighted by atomic mass is 16.3. The van der Waals surface area contributed by atoms with Crippen LogP contribution in [-0.4, -0.2) is 27.8 Å². The number of aromatic amines is 1. The van der Waals surface area contributed by atoms with Crippen molar-refractivity contribution in [3.63, 3.8) is 0 Å². The van der Waals surface area contributed by atoms with Gasteiger partial charge in [0.2, 0.25) is 5.91 Å². The Kier molecular flexibility index (Phi) is 4.24. The fourth-order valence-corrected chi connectivity index (χ4v) is 3.15. The number of carbonyl (C=O) groups is 1. The Morgan fingerprint density at radius 3 is 2.85 bits per heavy atom. The summed E-state index contributed by atoms with van der Waals surface area (Å²) in [4.78, 5) is 33.6. The second kappa shape index (κ2) is 6.72. The molecule has 1 amide bonds. The van der Waals surface area contributed by atoms with Gasteiger partial charge in [-0.1, -0.05) is 24.3 Å². The topological polar surface area (TPSA) is 79.2 Å². The summed E-state index contributed by atoms with van der Waals surface area (Å²) in [6, 6.07) is 13.1. The summed E-state index contributed by atoms with van der Waals surface area (Å²) in [6.07, 6.45) is 1.86. The van der Waals surface area contributed by atoms with Crippen molar-refractivity contribution in [3.8, 4) is 0 Å². The summed E-state index contributed by atoms with van der Waals surface area (Å²) in [7, 11) is 1.70. The van der Waals surface area contributed by atoms with E-state index in [2.05, 4.69) is 9.97 Å². The van der Waals surface area contributed by atoms with Crippen LogP contribution < -0.4 is 5.56 Å². The number of nitrogens with zero attached hydrogens (tertiary/aromatic N) is 2. The van der Waals surface area contributed by atoms with Crippen LogP contribution in [0.4, 0.5) is 0 Å². The highest BCUT2D eigenvalue weighted by molar-refractivity contribution is 5.88. The highest BCUT2D eigenvalue weighted by Crippen LogP contribution is 2.23. The van der Waals surface area contributed by atoms with Crippen LogP contribution in [0.3, 0.4) is 0 Å². The zero-order valence-corrected chi connectivity index (χ0v) is 15.2. The van der Waals surface area contributed by atoms with E-state index in [0.29, 0.717) is 16.7 Å². The third kappa shape index (κ3) is 3.33. The smallest absolute Gasteiger partial charge is 0.258 e. The maximum Gasteiger partial charge on any atom is 0.258 e. The highest BCUT2D eigenvalue weighted by Gasteiger charge is 2.15. The number of fused-ring (bicyclic) bond motifs is 2. The molecule has 0 spiro atoms. The third-order valence-electron chi connectivity index (χ3n) is 4.63. The first kappa shape index (κ1) is 17.0. The number of amides is 1. The minimum absolute atomic E-state index is 0.0749. The van der Waals surface area contributed by atoms with Crippen LogP contribution in [0.2, 0.25) is 0 Å². The average molecular weight is 361 g/mol. The molecule has 136 valence electrons. The van der Waals surface area contributed by atoms with Crippen molar-refractivity contribution in [2.24, 2.45) is 0 Å². The van der Waals surface area contributed by atoms with Crippen molar-refractivity contribution in [1.29, 1.82) is 0 Å². The van der Waals surface area contributed by atoms with Crippen LogP contribution in [0.5, 0.6) is 0 Å². The van der Waals surface area contributed by atoms with Crippen molar-refractivity contribution < 1.29 is 9.21 Å². The fraction of sp³-hybridized carbons (Fsp3) is 0.190. The van der Waals surface area contributed by atoms with Gasteiger partial charge >= 0.3 is 0 Å². The van der Waals surface area contributed by atoms with E-state index in [1.54, 1.807) is 36.4 Å². The second-order valence-corrected chi connectivity index (χ2v) is 6.72. The van der Waals surface area contributed by atoms with Gasteiger partial charge < -0.3 is 14.3 Å². The number of carbonyl (C=O) groups excluding carboxylic acids is 1.